The lowest BCUT2D eigenvalue weighted by Gasteiger charge is -2.20. The van der Waals surface area contributed by atoms with Crippen LogP contribution in [0.15, 0.2) is 131 Å². The number of aliphatic imine (C=N–C) groups is 1. The van der Waals surface area contributed by atoms with Crippen LogP contribution in [0.25, 0.3) is 21.7 Å². The highest BCUT2D eigenvalue weighted by molar-refractivity contribution is 9.10. The van der Waals surface area contributed by atoms with Crippen LogP contribution in [0.4, 0.5) is 11.4 Å². The number of aromatic amines is 1. The summed E-state index contributed by atoms with van der Waals surface area (Å²) in [6, 6.07) is 34.7. The minimum atomic E-state index is -0.942. The second kappa shape index (κ2) is 17.3. The molecule has 0 aliphatic heterocycles. The first-order valence-electron chi connectivity index (χ1n) is 16.9. The molecule has 3 amide bonds. The van der Waals surface area contributed by atoms with Gasteiger partial charge in [0.05, 0.1) is 17.8 Å². The fourth-order valence-corrected chi connectivity index (χ4v) is 6.13. The summed E-state index contributed by atoms with van der Waals surface area (Å²) in [6.45, 7) is 1.43. The average Bonchev–Trinajstić information content (AvgIpc) is 3.58. The first-order valence-corrected chi connectivity index (χ1v) is 17.7. The van der Waals surface area contributed by atoms with Gasteiger partial charge in [-0.15, -0.1) is 0 Å². The number of aromatic nitrogens is 1. The smallest absolute Gasteiger partial charge is 0.255 e. The maximum atomic E-state index is 14.0. The predicted molar refractivity (Wildman–Crippen MR) is 212 cm³/mol. The Hall–Kier alpha value is -5.98. The Balaban J connectivity index is 1.17. The molecule has 0 aliphatic carbocycles. The molecule has 1 unspecified atom stereocenters. The van der Waals surface area contributed by atoms with Crippen molar-refractivity contribution in [3.05, 3.63) is 143 Å². The van der Waals surface area contributed by atoms with Crippen LogP contribution >= 0.6 is 15.9 Å². The van der Waals surface area contributed by atoms with E-state index in [1.807, 2.05) is 97.2 Å². The average molecular weight is 760 g/mol. The minimum Gasteiger partial charge on any atom is -0.361 e. The number of hydrogen-bond donors (Lipinski definition) is 7. The third-order valence-corrected chi connectivity index (χ3v) is 8.85. The molecule has 6 aromatic rings. The number of rotatable bonds is 13. The van der Waals surface area contributed by atoms with Crippen LogP contribution in [0, 0.1) is 0 Å². The van der Waals surface area contributed by atoms with Gasteiger partial charge in [0.25, 0.3) is 11.8 Å². The van der Waals surface area contributed by atoms with E-state index in [-0.39, 0.29) is 30.3 Å². The Morgan fingerprint density at radius 1 is 0.769 bits per heavy atom. The third kappa shape index (κ3) is 9.22. The van der Waals surface area contributed by atoms with E-state index in [1.54, 1.807) is 24.3 Å². The number of guanidine groups is 1. The molecule has 0 saturated carbocycles. The van der Waals surface area contributed by atoms with Gasteiger partial charge in [-0.3, -0.25) is 19.4 Å². The van der Waals surface area contributed by atoms with E-state index in [0.717, 1.165) is 32.9 Å². The largest absolute Gasteiger partial charge is 0.361 e. The molecule has 11 nitrogen and oxygen atoms in total. The van der Waals surface area contributed by atoms with E-state index < -0.39 is 11.9 Å². The summed E-state index contributed by atoms with van der Waals surface area (Å²) in [5.74, 6) is -0.716. The number of nitrogens with two attached hydrogens (primary N) is 1. The summed E-state index contributed by atoms with van der Waals surface area (Å²) in [5.41, 5.74) is 9.30. The summed E-state index contributed by atoms with van der Waals surface area (Å²) in [4.78, 5) is 48.9. The molecule has 0 saturated heterocycles. The topological polar surface area (TPSA) is 166 Å². The Morgan fingerprint density at radius 3 is 2.35 bits per heavy atom. The molecule has 1 atom stereocenters. The molecule has 5 aromatic carbocycles. The third-order valence-electron chi connectivity index (χ3n) is 8.36. The highest BCUT2D eigenvalue weighted by atomic mass is 79.9. The van der Waals surface area contributed by atoms with Crippen molar-refractivity contribution in [3.63, 3.8) is 0 Å². The van der Waals surface area contributed by atoms with E-state index in [4.69, 9.17) is 5.73 Å². The molecule has 0 fully saturated rings. The van der Waals surface area contributed by atoms with Crippen molar-refractivity contribution in [1.29, 1.82) is 0 Å². The molecular weight excluding hydrogens is 720 g/mol. The van der Waals surface area contributed by atoms with Gasteiger partial charge in [-0.05, 0) is 64.9 Å². The molecule has 1 aromatic heterocycles. The van der Waals surface area contributed by atoms with Crippen LogP contribution in [0.2, 0.25) is 0 Å². The zero-order chi connectivity index (χ0) is 36.3. The van der Waals surface area contributed by atoms with Crippen LogP contribution in [0.1, 0.15) is 26.3 Å². The van der Waals surface area contributed by atoms with Crippen LogP contribution < -0.4 is 32.3 Å². The van der Waals surface area contributed by atoms with Gasteiger partial charge < -0.3 is 37.3 Å². The van der Waals surface area contributed by atoms with Crippen molar-refractivity contribution < 1.29 is 14.4 Å². The Kier molecular flexibility index (Phi) is 11.9. The van der Waals surface area contributed by atoms with E-state index in [2.05, 4.69) is 52.5 Å². The number of amides is 3. The Morgan fingerprint density at radius 2 is 1.52 bits per heavy atom. The molecule has 0 aliphatic rings. The molecule has 12 heteroatoms. The van der Waals surface area contributed by atoms with Crippen molar-refractivity contribution in [2.45, 2.75) is 12.5 Å². The molecule has 1 heterocycles. The zero-order valence-electron chi connectivity index (χ0n) is 28.3. The van der Waals surface area contributed by atoms with Crippen molar-refractivity contribution in [3.8, 4) is 0 Å². The van der Waals surface area contributed by atoms with Gasteiger partial charge in [-0.25, -0.2) is 0 Å². The number of halogens is 1. The van der Waals surface area contributed by atoms with Crippen LogP contribution in [0.3, 0.4) is 0 Å². The van der Waals surface area contributed by atoms with Crippen molar-refractivity contribution in [1.82, 2.24) is 20.9 Å². The predicted octanol–water partition coefficient (Wildman–Crippen LogP) is 5.81. The quantitative estimate of drug-likeness (QED) is 0.0446. The number of carbonyl (C=O) groups is 3. The second-order valence-corrected chi connectivity index (χ2v) is 12.9. The lowest BCUT2D eigenvalue weighted by Crippen LogP contribution is -2.49. The lowest BCUT2D eigenvalue weighted by atomic mass is 10.0. The number of anilines is 2. The van der Waals surface area contributed by atoms with E-state index in [9.17, 15) is 14.4 Å². The maximum Gasteiger partial charge on any atom is 0.255 e. The van der Waals surface area contributed by atoms with Crippen LogP contribution in [0.5, 0.6) is 0 Å². The molecule has 0 radical (unpaired) electrons. The van der Waals surface area contributed by atoms with E-state index >= 15 is 0 Å². The molecular formula is C40H39BrN8O3. The monoisotopic (exact) mass is 758 g/mol. The number of nitrogens with zero attached hydrogens (tertiary/aromatic N) is 1. The lowest BCUT2D eigenvalue weighted by molar-refractivity contribution is -0.122. The summed E-state index contributed by atoms with van der Waals surface area (Å²) < 4.78 is 0.640. The SMILES string of the molecule is NCCN=C(NCCNC(=O)C(Cc1c[nH]c2ccccc12)NC(=O)c1cc(Br)ccc1NC(=O)c1ccc2ccccc2c1)Nc1ccccc1. The molecule has 52 heavy (non-hydrogen) atoms. The Bertz CT molecular complexity index is 2220. The summed E-state index contributed by atoms with van der Waals surface area (Å²) in [5, 5.41) is 18.1. The van der Waals surface area contributed by atoms with E-state index in [0.29, 0.717) is 41.3 Å². The highest BCUT2D eigenvalue weighted by Crippen LogP contribution is 2.24. The summed E-state index contributed by atoms with van der Waals surface area (Å²) in [7, 11) is 0. The number of carbonyl (C=O) groups excluding carboxylic acids is 3. The fraction of sp³-hybridized carbons (Fsp3) is 0.150. The molecule has 8 N–H and O–H groups in total. The van der Waals surface area contributed by atoms with Gasteiger partial charge in [-0.2, -0.15) is 0 Å². The van der Waals surface area contributed by atoms with Crippen molar-refractivity contribution in [2.75, 3.05) is 36.8 Å². The first-order chi connectivity index (χ1) is 25.4. The standard InChI is InChI=1S/C40H39BrN8O3/c41-30-16-17-35(48-37(50)28-15-14-26-8-4-5-9-27(26)22-28)33(24-30)38(51)49-36(23-29-25-46-34-13-7-6-12-32(29)34)39(52)43-20-21-45-40(44-19-18-42)47-31-10-2-1-3-11-31/h1-17,22,24-25,36,46H,18-21,23,42H2,(H,43,52)(H,48,50)(H,49,51)(H2,44,45,47). The molecule has 0 spiro atoms. The van der Waals surface area contributed by atoms with E-state index in [1.165, 1.54) is 0 Å². The number of H-pyrrole nitrogens is 1. The van der Waals surface area contributed by atoms with Crippen molar-refractivity contribution >= 4 is 72.7 Å². The van der Waals surface area contributed by atoms with Gasteiger partial charge in [0.15, 0.2) is 5.96 Å². The number of hydrogen-bond acceptors (Lipinski definition) is 5. The van der Waals surface area contributed by atoms with Crippen LogP contribution in [-0.2, 0) is 11.2 Å². The molecule has 0 bridgehead atoms. The summed E-state index contributed by atoms with van der Waals surface area (Å²) >= 11 is 3.46. The van der Waals surface area contributed by atoms with Gasteiger partial charge in [0, 0.05) is 58.9 Å². The van der Waals surface area contributed by atoms with Gasteiger partial charge in [0.1, 0.15) is 6.04 Å². The van der Waals surface area contributed by atoms with Gasteiger partial charge >= 0.3 is 0 Å². The minimum absolute atomic E-state index is 0.203. The number of fused-ring (bicyclic) bond motifs is 2. The highest BCUT2D eigenvalue weighted by Gasteiger charge is 2.25. The number of benzene rings is 5. The zero-order valence-corrected chi connectivity index (χ0v) is 29.9. The molecule has 264 valence electrons. The fourth-order valence-electron chi connectivity index (χ4n) is 5.77. The maximum absolute atomic E-state index is 14.0. The number of para-hydroxylation sites is 2. The molecule has 6 rings (SSSR count). The second-order valence-electron chi connectivity index (χ2n) is 12.0. The van der Waals surface area contributed by atoms with Gasteiger partial charge in [-0.1, -0.05) is 82.7 Å². The van der Waals surface area contributed by atoms with Crippen LogP contribution in [-0.4, -0.2) is 60.9 Å². The van der Waals surface area contributed by atoms with Gasteiger partial charge in [0.2, 0.25) is 5.91 Å². The number of nitrogens with one attached hydrogen (secondary N) is 6. The van der Waals surface area contributed by atoms with Crippen molar-refractivity contribution in [2.24, 2.45) is 10.7 Å². The first kappa shape index (κ1) is 35.8. The Labute approximate surface area is 309 Å². The normalized spacial score (nSPS) is 11.9. The summed E-state index contributed by atoms with van der Waals surface area (Å²) in [6.07, 6.45) is 2.07.